The van der Waals surface area contributed by atoms with Gasteiger partial charge in [0.05, 0.1) is 11.7 Å². The average Bonchev–Trinajstić information content (AvgIpc) is 2.34. The van der Waals surface area contributed by atoms with Crippen molar-refractivity contribution in [2.75, 3.05) is 12.4 Å². The topological polar surface area (TPSA) is 58.6 Å². The molecule has 4 heteroatoms. The summed E-state index contributed by atoms with van der Waals surface area (Å²) in [6.45, 7) is 4.35. The van der Waals surface area contributed by atoms with Crippen molar-refractivity contribution in [2.45, 2.75) is 32.4 Å². The molecule has 1 fully saturated rings. The van der Waals surface area contributed by atoms with Crippen LogP contribution in [0.5, 0.6) is 0 Å². The summed E-state index contributed by atoms with van der Waals surface area (Å²) in [7, 11) is 1.74. The molecule has 1 aliphatic rings. The molecule has 0 bridgehead atoms. The standard InChI is InChI=1S/C14H19NO3/c1-14(2)11(8-12(14)18-3)15-10-6-4-9(5-7-10)13(16)17/h4-7,11-12,15H,8H2,1-3H3,(H,16,17). The van der Waals surface area contributed by atoms with Crippen LogP contribution in [-0.4, -0.2) is 30.3 Å². The molecule has 0 spiro atoms. The van der Waals surface area contributed by atoms with Crippen LogP contribution in [-0.2, 0) is 4.74 Å². The number of carboxylic acids is 1. The first-order valence-corrected chi connectivity index (χ1v) is 6.08. The van der Waals surface area contributed by atoms with E-state index in [2.05, 4.69) is 19.2 Å². The number of anilines is 1. The van der Waals surface area contributed by atoms with Gasteiger partial charge in [0, 0.05) is 24.3 Å². The number of benzene rings is 1. The molecule has 2 rings (SSSR count). The molecule has 1 aliphatic carbocycles. The van der Waals surface area contributed by atoms with Crippen LogP contribution in [0.1, 0.15) is 30.6 Å². The Labute approximate surface area is 107 Å². The summed E-state index contributed by atoms with van der Waals surface area (Å²) in [5.41, 5.74) is 1.36. The van der Waals surface area contributed by atoms with Crippen LogP contribution in [0.2, 0.25) is 0 Å². The van der Waals surface area contributed by atoms with Gasteiger partial charge in [0.15, 0.2) is 0 Å². The van der Waals surface area contributed by atoms with E-state index in [1.165, 1.54) is 0 Å². The first kappa shape index (κ1) is 12.9. The van der Waals surface area contributed by atoms with Crippen molar-refractivity contribution in [2.24, 2.45) is 5.41 Å². The molecule has 0 amide bonds. The van der Waals surface area contributed by atoms with Gasteiger partial charge in [-0.25, -0.2) is 4.79 Å². The van der Waals surface area contributed by atoms with Gasteiger partial charge in [-0.2, -0.15) is 0 Å². The second-order valence-electron chi connectivity index (χ2n) is 5.36. The van der Waals surface area contributed by atoms with Gasteiger partial charge >= 0.3 is 5.97 Å². The summed E-state index contributed by atoms with van der Waals surface area (Å²) in [6, 6.07) is 7.20. The van der Waals surface area contributed by atoms with Crippen molar-refractivity contribution in [1.29, 1.82) is 0 Å². The minimum atomic E-state index is -0.898. The van der Waals surface area contributed by atoms with E-state index in [0.717, 1.165) is 12.1 Å². The van der Waals surface area contributed by atoms with E-state index in [4.69, 9.17) is 9.84 Å². The fraction of sp³-hybridized carbons (Fsp3) is 0.500. The summed E-state index contributed by atoms with van der Waals surface area (Å²) in [5, 5.41) is 12.3. The largest absolute Gasteiger partial charge is 0.478 e. The van der Waals surface area contributed by atoms with Crippen molar-refractivity contribution < 1.29 is 14.6 Å². The van der Waals surface area contributed by atoms with Crippen molar-refractivity contribution in [3.8, 4) is 0 Å². The molecule has 18 heavy (non-hydrogen) atoms. The monoisotopic (exact) mass is 249 g/mol. The van der Waals surface area contributed by atoms with Gasteiger partial charge in [-0.3, -0.25) is 0 Å². The molecule has 2 unspecified atom stereocenters. The molecule has 98 valence electrons. The third-order valence-electron chi connectivity index (χ3n) is 3.93. The Bertz CT molecular complexity index is 439. The average molecular weight is 249 g/mol. The van der Waals surface area contributed by atoms with Gasteiger partial charge in [-0.1, -0.05) is 13.8 Å². The van der Waals surface area contributed by atoms with E-state index >= 15 is 0 Å². The zero-order chi connectivity index (χ0) is 13.3. The highest BCUT2D eigenvalue weighted by Crippen LogP contribution is 2.43. The number of methoxy groups -OCH3 is 1. The van der Waals surface area contributed by atoms with Gasteiger partial charge in [0.1, 0.15) is 0 Å². The molecular formula is C14H19NO3. The predicted octanol–water partition coefficient (Wildman–Crippen LogP) is 2.61. The van der Waals surface area contributed by atoms with Crippen LogP contribution < -0.4 is 5.32 Å². The van der Waals surface area contributed by atoms with Gasteiger partial charge in [-0.05, 0) is 30.7 Å². The van der Waals surface area contributed by atoms with E-state index < -0.39 is 5.97 Å². The number of carbonyl (C=O) groups is 1. The summed E-state index contributed by atoms with van der Waals surface area (Å²) >= 11 is 0. The van der Waals surface area contributed by atoms with Crippen LogP contribution >= 0.6 is 0 Å². The highest BCUT2D eigenvalue weighted by molar-refractivity contribution is 5.88. The molecule has 2 N–H and O–H groups in total. The molecule has 1 saturated carbocycles. The summed E-state index contributed by atoms with van der Waals surface area (Å²) in [4.78, 5) is 10.7. The van der Waals surface area contributed by atoms with Crippen molar-refractivity contribution in [3.63, 3.8) is 0 Å². The second kappa shape index (κ2) is 4.61. The number of ether oxygens (including phenoxy) is 1. The highest BCUT2D eigenvalue weighted by Gasteiger charge is 2.48. The molecule has 0 aliphatic heterocycles. The SMILES string of the molecule is COC1CC(Nc2ccc(C(=O)O)cc2)C1(C)C. The second-order valence-corrected chi connectivity index (χ2v) is 5.36. The number of aromatic carboxylic acids is 1. The van der Waals surface area contributed by atoms with Crippen LogP contribution in [0, 0.1) is 5.41 Å². The fourth-order valence-electron chi connectivity index (χ4n) is 2.44. The highest BCUT2D eigenvalue weighted by atomic mass is 16.5. The number of hydrogen-bond acceptors (Lipinski definition) is 3. The Morgan fingerprint density at radius 3 is 2.44 bits per heavy atom. The normalized spacial score (nSPS) is 25.3. The summed E-state index contributed by atoms with van der Waals surface area (Å²) in [6.07, 6.45) is 1.26. The zero-order valence-corrected chi connectivity index (χ0v) is 10.9. The molecule has 0 saturated heterocycles. The lowest BCUT2D eigenvalue weighted by atomic mass is 9.64. The minimum Gasteiger partial charge on any atom is -0.478 e. The molecule has 0 heterocycles. The number of rotatable bonds is 4. The van der Waals surface area contributed by atoms with Crippen molar-refractivity contribution >= 4 is 11.7 Å². The molecule has 4 nitrogen and oxygen atoms in total. The maximum Gasteiger partial charge on any atom is 0.335 e. The van der Waals surface area contributed by atoms with Crippen molar-refractivity contribution in [1.82, 2.24) is 0 Å². The van der Waals surface area contributed by atoms with Crippen LogP contribution in [0.15, 0.2) is 24.3 Å². The number of carboxylic acid groups (broad SMARTS) is 1. The maximum absolute atomic E-state index is 10.7. The van der Waals surface area contributed by atoms with Gasteiger partial charge in [0.2, 0.25) is 0 Å². The van der Waals surface area contributed by atoms with Crippen LogP contribution in [0.25, 0.3) is 0 Å². The van der Waals surface area contributed by atoms with E-state index in [-0.39, 0.29) is 11.5 Å². The Hall–Kier alpha value is -1.55. The van der Waals surface area contributed by atoms with Crippen LogP contribution in [0.3, 0.4) is 0 Å². The smallest absolute Gasteiger partial charge is 0.335 e. The van der Waals surface area contributed by atoms with E-state index in [1.54, 1.807) is 31.4 Å². The molecule has 1 aromatic carbocycles. The lowest BCUT2D eigenvalue weighted by molar-refractivity contribution is -0.0794. The quantitative estimate of drug-likeness (QED) is 0.861. The van der Waals surface area contributed by atoms with Crippen LogP contribution in [0.4, 0.5) is 5.69 Å². The minimum absolute atomic E-state index is 0.0974. The van der Waals surface area contributed by atoms with E-state index in [0.29, 0.717) is 11.6 Å². The Morgan fingerprint density at radius 2 is 2.00 bits per heavy atom. The number of nitrogens with one attached hydrogen (secondary N) is 1. The molecular weight excluding hydrogens is 230 g/mol. The van der Waals surface area contributed by atoms with Gasteiger partial charge in [-0.15, -0.1) is 0 Å². The first-order chi connectivity index (χ1) is 8.45. The van der Waals surface area contributed by atoms with E-state index in [9.17, 15) is 4.79 Å². The fourth-order valence-corrected chi connectivity index (χ4v) is 2.44. The van der Waals surface area contributed by atoms with Gasteiger partial charge in [0.25, 0.3) is 0 Å². The zero-order valence-electron chi connectivity index (χ0n) is 10.9. The lowest BCUT2D eigenvalue weighted by Crippen LogP contribution is -2.57. The van der Waals surface area contributed by atoms with Gasteiger partial charge < -0.3 is 15.2 Å². The predicted molar refractivity (Wildman–Crippen MR) is 70.0 cm³/mol. The summed E-state index contributed by atoms with van der Waals surface area (Å²) in [5.74, 6) is -0.898. The first-order valence-electron chi connectivity index (χ1n) is 6.08. The summed E-state index contributed by atoms with van der Waals surface area (Å²) < 4.78 is 5.40. The maximum atomic E-state index is 10.7. The molecule has 1 aromatic rings. The molecule has 0 aromatic heterocycles. The third kappa shape index (κ3) is 2.20. The molecule has 0 radical (unpaired) electrons. The Morgan fingerprint density at radius 1 is 1.39 bits per heavy atom. The Balaban J connectivity index is 2.01. The Kier molecular flexibility index (Phi) is 3.30. The van der Waals surface area contributed by atoms with Crippen molar-refractivity contribution in [3.05, 3.63) is 29.8 Å². The molecule has 2 atom stereocenters. The lowest BCUT2D eigenvalue weighted by Gasteiger charge is -2.51. The third-order valence-corrected chi connectivity index (χ3v) is 3.93. The van der Waals surface area contributed by atoms with E-state index in [1.807, 2.05) is 0 Å². The number of hydrogen-bond donors (Lipinski definition) is 2.